The lowest BCUT2D eigenvalue weighted by atomic mass is 10.1. The second-order valence-corrected chi connectivity index (χ2v) is 13.7. The summed E-state index contributed by atoms with van der Waals surface area (Å²) in [7, 11) is -4.83. The van der Waals surface area contributed by atoms with Gasteiger partial charge in [0.1, 0.15) is 13.6 Å². The maximum absolute atomic E-state index is 11.8. The number of aromatic nitrogens is 1. The fourth-order valence-electron chi connectivity index (χ4n) is 2.43. The zero-order chi connectivity index (χ0) is 16.8. The molecule has 2 heterocycles. The monoisotopic (exact) mass is 345 g/mol. The molecule has 1 aromatic carbocycles. The van der Waals surface area contributed by atoms with E-state index in [-0.39, 0.29) is 0 Å². The number of furan rings is 1. The fraction of sp³-hybridized carbons (Fsp3) is 0.235. The predicted molar refractivity (Wildman–Crippen MR) is 95.5 cm³/mol. The van der Waals surface area contributed by atoms with Crippen molar-refractivity contribution in [3.05, 3.63) is 42.6 Å². The van der Waals surface area contributed by atoms with E-state index < -0.39 is 17.9 Å². The zero-order valence-electron chi connectivity index (χ0n) is 13.6. The summed E-state index contributed by atoms with van der Waals surface area (Å²) in [6.45, 7) is 6.65. The van der Waals surface area contributed by atoms with Crippen LogP contribution in [0, 0.1) is 0 Å². The van der Waals surface area contributed by atoms with Crippen molar-refractivity contribution in [3.8, 4) is 11.1 Å². The molecule has 120 valence electrons. The van der Waals surface area contributed by atoms with Crippen LogP contribution in [0.2, 0.25) is 19.6 Å². The Bertz CT molecular complexity index is 984. The Morgan fingerprint density at radius 2 is 1.83 bits per heavy atom. The Morgan fingerprint density at radius 1 is 1.09 bits per heavy atom. The van der Waals surface area contributed by atoms with E-state index in [9.17, 15) is 8.42 Å². The van der Waals surface area contributed by atoms with E-state index in [0.29, 0.717) is 4.90 Å². The maximum Gasteiger partial charge on any atom is 0.175 e. The van der Waals surface area contributed by atoms with Crippen LogP contribution in [-0.4, -0.2) is 27.7 Å². The summed E-state index contributed by atoms with van der Waals surface area (Å²) in [6, 6.07) is 10.8. The lowest BCUT2D eigenvalue weighted by Crippen LogP contribution is -2.36. The van der Waals surface area contributed by atoms with E-state index in [0.717, 1.165) is 27.6 Å². The molecule has 0 N–H and O–H groups in total. The topological polar surface area (TPSA) is 60.2 Å². The lowest BCUT2D eigenvalue weighted by Gasteiger charge is -2.10. The average molecular weight is 345 g/mol. The van der Waals surface area contributed by atoms with Gasteiger partial charge in [-0.2, -0.15) is 0 Å². The second kappa shape index (κ2) is 5.32. The van der Waals surface area contributed by atoms with Crippen molar-refractivity contribution >= 4 is 34.4 Å². The lowest BCUT2D eigenvalue weighted by molar-refractivity contribution is 0.602. The molecule has 0 aliphatic carbocycles. The summed E-state index contributed by atoms with van der Waals surface area (Å²) < 4.78 is 29.7. The van der Waals surface area contributed by atoms with Crippen LogP contribution in [0.4, 0.5) is 0 Å². The largest absolute Gasteiger partial charge is 0.464 e. The number of pyridine rings is 1. The SMILES string of the molecule is C[Si](C)(C)c1cc2nccc(-c3cccc(S(C)(=O)=O)c3)c2o1. The first-order chi connectivity index (χ1) is 10.7. The molecular weight excluding hydrogens is 326 g/mol. The van der Waals surface area contributed by atoms with Crippen molar-refractivity contribution < 1.29 is 12.8 Å². The molecule has 2 aromatic heterocycles. The number of hydrogen-bond acceptors (Lipinski definition) is 4. The Balaban J connectivity index is 2.23. The van der Waals surface area contributed by atoms with Crippen molar-refractivity contribution in [1.82, 2.24) is 4.98 Å². The molecule has 0 atom stereocenters. The number of fused-ring (bicyclic) bond motifs is 1. The standard InChI is InChI=1S/C17H19NO3SSi/c1-22(19,20)13-7-5-6-12(10-13)14-8-9-18-15-11-16(21-17(14)15)23(2,3)4/h5-11H,1-4H3. The molecule has 0 spiro atoms. The first kappa shape index (κ1) is 16.0. The van der Waals surface area contributed by atoms with Gasteiger partial charge >= 0.3 is 0 Å². The number of hydrogen-bond donors (Lipinski definition) is 0. The van der Waals surface area contributed by atoms with Crippen LogP contribution in [0.3, 0.4) is 0 Å². The molecule has 23 heavy (non-hydrogen) atoms. The minimum absolute atomic E-state index is 0.303. The normalized spacial score (nSPS) is 12.7. The molecule has 0 unspecified atom stereocenters. The van der Waals surface area contributed by atoms with Crippen LogP contribution in [-0.2, 0) is 9.84 Å². The molecule has 0 radical (unpaired) electrons. The molecule has 4 nitrogen and oxygen atoms in total. The van der Waals surface area contributed by atoms with Crippen LogP contribution in [0.15, 0.2) is 51.9 Å². The highest BCUT2D eigenvalue weighted by Crippen LogP contribution is 2.29. The van der Waals surface area contributed by atoms with Crippen LogP contribution in [0.5, 0.6) is 0 Å². The molecule has 0 amide bonds. The Kier molecular flexibility index (Phi) is 3.69. The van der Waals surface area contributed by atoms with Gasteiger partial charge in [-0.05, 0) is 23.8 Å². The highest BCUT2D eigenvalue weighted by Gasteiger charge is 2.23. The summed E-state index contributed by atoms with van der Waals surface area (Å²) in [5.41, 5.74) is 3.21. The molecule has 3 rings (SSSR count). The predicted octanol–water partition coefficient (Wildman–Crippen LogP) is 3.44. The van der Waals surface area contributed by atoms with E-state index in [2.05, 4.69) is 24.6 Å². The number of benzene rings is 1. The Labute approximate surface area is 137 Å². The maximum atomic E-state index is 11.8. The van der Waals surface area contributed by atoms with E-state index in [1.54, 1.807) is 24.4 Å². The van der Waals surface area contributed by atoms with Crippen molar-refractivity contribution in [3.63, 3.8) is 0 Å². The molecule has 0 bridgehead atoms. The second-order valence-electron chi connectivity index (χ2n) is 6.73. The van der Waals surface area contributed by atoms with Gasteiger partial charge in [-0.25, -0.2) is 8.42 Å². The summed E-state index contributed by atoms with van der Waals surface area (Å²) in [4.78, 5) is 4.69. The summed E-state index contributed by atoms with van der Waals surface area (Å²) in [5, 5.41) is 0.992. The van der Waals surface area contributed by atoms with Gasteiger partial charge in [0.2, 0.25) is 0 Å². The van der Waals surface area contributed by atoms with Crippen molar-refractivity contribution in [1.29, 1.82) is 0 Å². The molecule has 0 saturated carbocycles. The van der Waals surface area contributed by atoms with Gasteiger partial charge in [-0.15, -0.1) is 0 Å². The van der Waals surface area contributed by atoms with Crippen LogP contribution >= 0.6 is 0 Å². The van der Waals surface area contributed by atoms with Gasteiger partial charge in [0.25, 0.3) is 0 Å². The van der Waals surface area contributed by atoms with Crippen molar-refractivity contribution in [2.24, 2.45) is 0 Å². The summed E-state index contributed by atoms with van der Waals surface area (Å²) in [6.07, 6.45) is 2.94. The zero-order valence-corrected chi connectivity index (χ0v) is 15.4. The highest BCUT2D eigenvalue weighted by molar-refractivity contribution is 7.90. The minimum Gasteiger partial charge on any atom is -0.464 e. The quantitative estimate of drug-likeness (QED) is 0.682. The molecule has 3 aromatic rings. The number of nitrogens with zero attached hydrogens (tertiary/aromatic N) is 1. The van der Waals surface area contributed by atoms with Gasteiger partial charge in [0.05, 0.1) is 10.3 Å². The van der Waals surface area contributed by atoms with Crippen molar-refractivity contribution in [2.75, 3.05) is 6.26 Å². The first-order valence-electron chi connectivity index (χ1n) is 7.36. The van der Waals surface area contributed by atoms with E-state index in [4.69, 9.17) is 4.42 Å². The van der Waals surface area contributed by atoms with Gasteiger partial charge in [-0.3, -0.25) is 4.98 Å². The van der Waals surface area contributed by atoms with Crippen LogP contribution in [0.25, 0.3) is 22.2 Å². The van der Waals surface area contributed by atoms with E-state index in [1.807, 2.05) is 18.2 Å². The van der Waals surface area contributed by atoms with Gasteiger partial charge in [-0.1, -0.05) is 31.8 Å². The first-order valence-corrected chi connectivity index (χ1v) is 12.7. The Hall–Kier alpha value is -1.92. The molecule has 0 aliphatic heterocycles. The minimum atomic E-state index is -3.24. The van der Waals surface area contributed by atoms with Gasteiger partial charge in [0.15, 0.2) is 15.4 Å². The molecule has 0 aliphatic rings. The third kappa shape index (κ3) is 3.09. The van der Waals surface area contributed by atoms with Crippen LogP contribution < -0.4 is 5.38 Å². The number of sulfone groups is 1. The summed E-state index contributed by atoms with van der Waals surface area (Å²) >= 11 is 0. The number of rotatable bonds is 3. The van der Waals surface area contributed by atoms with Crippen molar-refractivity contribution in [2.45, 2.75) is 24.5 Å². The third-order valence-corrected chi connectivity index (χ3v) is 6.56. The fourth-order valence-corrected chi connectivity index (χ4v) is 4.07. The highest BCUT2D eigenvalue weighted by atomic mass is 32.2. The van der Waals surface area contributed by atoms with Gasteiger partial charge in [0, 0.05) is 24.1 Å². The average Bonchev–Trinajstić information content (AvgIpc) is 2.90. The van der Waals surface area contributed by atoms with Crippen LogP contribution in [0.1, 0.15) is 0 Å². The summed E-state index contributed by atoms with van der Waals surface area (Å²) in [5.74, 6) is 0. The van der Waals surface area contributed by atoms with E-state index >= 15 is 0 Å². The van der Waals surface area contributed by atoms with Gasteiger partial charge < -0.3 is 4.42 Å². The molecule has 0 saturated heterocycles. The van der Waals surface area contributed by atoms with E-state index in [1.165, 1.54) is 6.26 Å². The molecule has 6 heteroatoms. The third-order valence-electron chi connectivity index (χ3n) is 3.72. The molecule has 0 fully saturated rings. The smallest absolute Gasteiger partial charge is 0.175 e. The molecular formula is C17H19NO3SSi. The Morgan fingerprint density at radius 3 is 2.48 bits per heavy atom.